The lowest BCUT2D eigenvalue weighted by Crippen LogP contribution is -2.29. The van der Waals surface area contributed by atoms with Gasteiger partial charge in [-0.1, -0.05) is 11.6 Å². The van der Waals surface area contributed by atoms with Gasteiger partial charge in [0.1, 0.15) is 5.75 Å². The van der Waals surface area contributed by atoms with Crippen molar-refractivity contribution >= 4 is 34.3 Å². The van der Waals surface area contributed by atoms with Crippen LogP contribution in [0.3, 0.4) is 0 Å². The third-order valence-electron chi connectivity index (χ3n) is 3.87. The average Bonchev–Trinajstić information content (AvgIpc) is 2.99. The van der Waals surface area contributed by atoms with Crippen molar-refractivity contribution in [2.45, 2.75) is 25.8 Å². The van der Waals surface area contributed by atoms with Crippen LogP contribution in [0.2, 0.25) is 4.47 Å². The first-order valence-electron chi connectivity index (χ1n) is 7.53. The van der Waals surface area contributed by atoms with E-state index in [0.29, 0.717) is 4.47 Å². The Morgan fingerprint density at radius 3 is 2.82 bits per heavy atom. The molecule has 1 aliphatic rings. The van der Waals surface area contributed by atoms with Crippen molar-refractivity contribution in [1.82, 2.24) is 4.98 Å². The van der Waals surface area contributed by atoms with Crippen molar-refractivity contribution in [3.63, 3.8) is 0 Å². The van der Waals surface area contributed by atoms with Crippen LogP contribution in [0.5, 0.6) is 5.75 Å². The molecule has 4 nitrogen and oxygen atoms in total. The minimum Gasteiger partial charge on any atom is -0.495 e. The van der Waals surface area contributed by atoms with Crippen molar-refractivity contribution in [1.29, 1.82) is 0 Å². The molecule has 22 heavy (non-hydrogen) atoms. The molecule has 3 rings (SSSR count). The zero-order valence-corrected chi connectivity index (χ0v) is 14.2. The van der Waals surface area contributed by atoms with Crippen molar-refractivity contribution in [2.75, 3.05) is 30.4 Å². The van der Waals surface area contributed by atoms with Gasteiger partial charge in [-0.25, -0.2) is 4.98 Å². The maximum absolute atomic E-state index is 5.85. The number of nitrogens with one attached hydrogen (secondary N) is 1. The number of halogens is 1. The minimum absolute atomic E-state index is 0.579. The molecule has 0 atom stereocenters. The van der Waals surface area contributed by atoms with Crippen LogP contribution in [-0.2, 0) is 6.54 Å². The first kappa shape index (κ1) is 15.4. The van der Waals surface area contributed by atoms with Gasteiger partial charge < -0.3 is 15.0 Å². The van der Waals surface area contributed by atoms with E-state index in [2.05, 4.69) is 33.4 Å². The summed E-state index contributed by atoms with van der Waals surface area (Å²) in [7, 11) is 1.73. The number of nitrogens with zero attached hydrogens (tertiary/aromatic N) is 2. The fraction of sp³-hybridized carbons (Fsp3) is 0.438. The first-order chi connectivity index (χ1) is 10.8. The number of ether oxygens (including phenoxy) is 1. The summed E-state index contributed by atoms with van der Waals surface area (Å²) in [4.78, 5) is 7.58. The van der Waals surface area contributed by atoms with Crippen LogP contribution in [0.4, 0.5) is 11.4 Å². The molecular weight excluding hydrogens is 318 g/mol. The third kappa shape index (κ3) is 3.65. The molecule has 1 aliphatic heterocycles. The van der Waals surface area contributed by atoms with Crippen molar-refractivity contribution in [2.24, 2.45) is 0 Å². The van der Waals surface area contributed by atoms with Crippen LogP contribution in [0.1, 0.15) is 24.1 Å². The Balaban J connectivity index is 1.70. The van der Waals surface area contributed by atoms with Crippen LogP contribution in [0.15, 0.2) is 24.4 Å². The second-order valence-corrected chi connectivity index (χ2v) is 7.06. The van der Waals surface area contributed by atoms with E-state index in [1.807, 2.05) is 0 Å². The highest BCUT2D eigenvalue weighted by molar-refractivity contribution is 7.15. The highest BCUT2D eigenvalue weighted by Gasteiger charge is 2.15. The maximum Gasteiger partial charge on any atom is 0.183 e. The standard InChI is InChI=1S/C16H20ClN3OS/c1-21-15-9-12(18-10-13-11-19-16(17)22-13)5-6-14(15)20-7-3-2-4-8-20/h5-6,9,11,18H,2-4,7-8,10H2,1H3. The highest BCUT2D eigenvalue weighted by Crippen LogP contribution is 2.33. The predicted molar refractivity (Wildman–Crippen MR) is 93.5 cm³/mol. The van der Waals surface area contributed by atoms with E-state index in [9.17, 15) is 0 Å². The number of benzene rings is 1. The number of thiazole rings is 1. The second-order valence-electron chi connectivity index (χ2n) is 5.37. The topological polar surface area (TPSA) is 37.4 Å². The quantitative estimate of drug-likeness (QED) is 0.877. The monoisotopic (exact) mass is 337 g/mol. The van der Waals surface area contributed by atoms with Gasteiger partial charge in [-0.2, -0.15) is 0 Å². The number of aromatic nitrogens is 1. The number of piperidine rings is 1. The summed E-state index contributed by atoms with van der Waals surface area (Å²) in [6.45, 7) is 2.95. The van der Waals surface area contributed by atoms with Gasteiger partial charge in [0, 0.05) is 35.9 Å². The van der Waals surface area contributed by atoms with Gasteiger partial charge in [-0.15, -0.1) is 11.3 Å². The van der Waals surface area contributed by atoms with Gasteiger partial charge in [-0.3, -0.25) is 0 Å². The molecular formula is C16H20ClN3OS. The summed E-state index contributed by atoms with van der Waals surface area (Å²) < 4.78 is 6.16. The molecule has 0 saturated carbocycles. The zero-order chi connectivity index (χ0) is 15.4. The smallest absolute Gasteiger partial charge is 0.183 e. The molecule has 0 unspecified atom stereocenters. The molecule has 2 heterocycles. The largest absolute Gasteiger partial charge is 0.495 e. The van der Waals surface area contributed by atoms with E-state index in [4.69, 9.17) is 16.3 Å². The number of rotatable bonds is 5. The van der Waals surface area contributed by atoms with Crippen LogP contribution >= 0.6 is 22.9 Å². The molecule has 0 radical (unpaired) electrons. The van der Waals surface area contributed by atoms with Crippen LogP contribution in [-0.4, -0.2) is 25.2 Å². The second kappa shape index (κ2) is 7.20. The van der Waals surface area contributed by atoms with Gasteiger partial charge in [0.05, 0.1) is 19.3 Å². The molecule has 1 N–H and O–H groups in total. The fourth-order valence-electron chi connectivity index (χ4n) is 2.74. The third-order valence-corrected chi connectivity index (χ3v) is 4.98. The molecule has 0 amide bonds. The molecule has 6 heteroatoms. The van der Waals surface area contributed by atoms with Gasteiger partial charge in [0.2, 0.25) is 0 Å². The Bertz CT molecular complexity index is 626. The van der Waals surface area contributed by atoms with E-state index in [0.717, 1.165) is 35.9 Å². The molecule has 1 fully saturated rings. The molecule has 1 aromatic heterocycles. The summed E-state index contributed by atoms with van der Waals surface area (Å²) in [5.74, 6) is 0.925. The van der Waals surface area contributed by atoms with E-state index in [-0.39, 0.29) is 0 Å². The predicted octanol–water partition coefficient (Wildman–Crippen LogP) is 4.41. The number of hydrogen-bond donors (Lipinski definition) is 1. The van der Waals surface area contributed by atoms with Crippen molar-refractivity contribution < 1.29 is 4.74 Å². The number of hydrogen-bond acceptors (Lipinski definition) is 5. The fourth-order valence-corrected chi connectivity index (χ4v) is 3.66. The molecule has 2 aromatic rings. The Labute approximate surface area is 140 Å². The SMILES string of the molecule is COc1cc(NCc2cnc(Cl)s2)ccc1N1CCCCC1. The van der Waals surface area contributed by atoms with Crippen molar-refractivity contribution in [3.05, 3.63) is 33.7 Å². The van der Waals surface area contributed by atoms with E-state index >= 15 is 0 Å². The number of methoxy groups -OCH3 is 1. The molecule has 0 aliphatic carbocycles. The normalized spacial score (nSPS) is 14.9. The lowest BCUT2D eigenvalue weighted by molar-refractivity contribution is 0.413. The maximum atomic E-state index is 5.85. The van der Waals surface area contributed by atoms with E-state index in [1.165, 1.54) is 36.3 Å². The lowest BCUT2D eigenvalue weighted by Gasteiger charge is -2.30. The van der Waals surface area contributed by atoms with Crippen LogP contribution in [0, 0.1) is 0 Å². The van der Waals surface area contributed by atoms with Gasteiger partial charge in [0.15, 0.2) is 4.47 Å². The summed E-state index contributed by atoms with van der Waals surface area (Å²) in [5, 5.41) is 3.39. The average molecular weight is 338 g/mol. The van der Waals surface area contributed by atoms with Crippen molar-refractivity contribution in [3.8, 4) is 5.75 Å². The molecule has 0 bridgehead atoms. The van der Waals surface area contributed by atoms with Gasteiger partial charge in [-0.05, 0) is 31.4 Å². The van der Waals surface area contributed by atoms with Crippen LogP contribution in [0.25, 0.3) is 0 Å². The molecule has 1 aromatic carbocycles. The van der Waals surface area contributed by atoms with Crippen LogP contribution < -0.4 is 15.0 Å². The Kier molecular flexibility index (Phi) is 5.05. The molecule has 118 valence electrons. The Morgan fingerprint density at radius 1 is 1.32 bits per heavy atom. The summed E-state index contributed by atoms with van der Waals surface area (Å²) >= 11 is 7.35. The molecule has 0 spiro atoms. The molecule has 1 saturated heterocycles. The van der Waals surface area contributed by atoms with E-state index < -0.39 is 0 Å². The lowest BCUT2D eigenvalue weighted by atomic mass is 10.1. The Hall–Kier alpha value is -1.46. The first-order valence-corrected chi connectivity index (χ1v) is 8.73. The number of anilines is 2. The van der Waals surface area contributed by atoms with E-state index in [1.54, 1.807) is 13.3 Å². The van der Waals surface area contributed by atoms with Gasteiger partial charge >= 0.3 is 0 Å². The minimum atomic E-state index is 0.579. The zero-order valence-electron chi connectivity index (χ0n) is 12.6. The summed E-state index contributed by atoms with van der Waals surface area (Å²) in [5.41, 5.74) is 2.23. The van der Waals surface area contributed by atoms with Gasteiger partial charge in [0.25, 0.3) is 0 Å². The summed E-state index contributed by atoms with van der Waals surface area (Å²) in [6, 6.07) is 6.31. The Morgan fingerprint density at radius 2 is 2.14 bits per heavy atom. The highest BCUT2D eigenvalue weighted by atomic mass is 35.5. The summed E-state index contributed by atoms with van der Waals surface area (Å²) in [6.07, 6.45) is 5.65.